The maximum absolute atomic E-state index is 12.0. The quantitative estimate of drug-likeness (QED) is 0.236. The smallest absolute Gasteiger partial charge is 0.271 e. The molecule has 3 N–H and O–H groups in total. The van der Waals surface area contributed by atoms with E-state index in [2.05, 4.69) is 15.8 Å². The van der Waals surface area contributed by atoms with E-state index in [1.807, 2.05) is 0 Å². The van der Waals surface area contributed by atoms with Gasteiger partial charge in [-0.15, -0.1) is 0 Å². The Morgan fingerprint density at radius 2 is 2.07 bits per heavy atom. The summed E-state index contributed by atoms with van der Waals surface area (Å²) < 4.78 is 5.37. The predicted molar refractivity (Wildman–Crippen MR) is 111 cm³/mol. The molecule has 0 aliphatic rings. The van der Waals surface area contributed by atoms with Gasteiger partial charge in [0.2, 0.25) is 5.91 Å². The average Bonchev–Trinajstić information content (AvgIpc) is 2.65. The van der Waals surface area contributed by atoms with Crippen molar-refractivity contribution in [1.29, 1.82) is 0 Å². The zero-order chi connectivity index (χ0) is 21.4. The number of hydrogen-bond donors (Lipinski definition) is 3. The van der Waals surface area contributed by atoms with Gasteiger partial charge in [-0.1, -0.05) is 29.3 Å². The first-order valence-electron chi connectivity index (χ1n) is 8.33. The number of nitrogens with zero attached hydrogens (tertiary/aromatic N) is 2. The number of aliphatic hydroxyl groups is 1. The highest BCUT2D eigenvalue weighted by atomic mass is 35.5. The number of carbonyl (C=O) groups is 1. The van der Waals surface area contributed by atoms with Crippen molar-refractivity contribution in [2.75, 3.05) is 11.9 Å². The van der Waals surface area contributed by atoms with Gasteiger partial charge in [0.25, 0.3) is 5.69 Å². The first kappa shape index (κ1) is 22.4. The number of rotatable bonds is 9. The highest BCUT2D eigenvalue weighted by Crippen LogP contribution is 2.27. The molecule has 0 heterocycles. The minimum atomic E-state index is -1.14. The van der Waals surface area contributed by atoms with E-state index in [1.54, 1.807) is 25.1 Å². The largest absolute Gasteiger partial charge is 0.487 e. The van der Waals surface area contributed by atoms with Crippen LogP contribution in [0.5, 0.6) is 5.75 Å². The molecule has 29 heavy (non-hydrogen) atoms. The van der Waals surface area contributed by atoms with Crippen LogP contribution >= 0.6 is 23.2 Å². The zero-order valence-corrected chi connectivity index (χ0v) is 16.8. The standard InChI is InChI=1S/C18H18Cl2N4O5/c1-11(7-17(25)21-13-3-2-4-14(9-13)24(27)28)22-23-18(26)10-29-16-6-5-12(19)8-15(16)20/h2-6,8-9,18,23,26H,7,10H2,1H3,(H,21,25)/b22-11+. The molecule has 0 saturated carbocycles. The molecule has 0 fully saturated rings. The van der Waals surface area contributed by atoms with Crippen LogP contribution < -0.4 is 15.5 Å². The molecule has 0 bridgehead atoms. The molecule has 154 valence electrons. The van der Waals surface area contributed by atoms with Gasteiger partial charge in [0.15, 0.2) is 6.23 Å². The number of halogens is 2. The third-order valence-electron chi connectivity index (χ3n) is 3.45. The Bertz CT molecular complexity index is 923. The molecule has 0 radical (unpaired) electrons. The summed E-state index contributed by atoms with van der Waals surface area (Å²) in [7, 11) is 0. The topological polar surface area (TPSA) is 126 Å². The lowest BCUT2D eigenvalue weighted by Gasteiger charge is -2.13. The van der Waals surface area contributed by atoms with Crippen LogP contribution in [-0.2, 0) is 4.79 Å². The molecule has 1 atom stereocenters. The van der Waals surface area contributed by atoms with Crippen molar-refractivity contribution in [2.24, 2.45) is 5.10 Å². The van der Waals surface area contributed by atoms with E-state index in [1.165, 1.54) is 24.3 Å². The predicted octanol–water partition coefficient (Wildman–Crippen LogP) is 3.59. The van der Waals surface area contributed by atoms with Crippen LogP contribution in [0.3, 0.4) is 0 Å². The molecule has 0 spiro atoms. The minimum absolute atomic E-state index is 0.0771. The second-order valence-electron chi connectivity index (χ2n) is 5.91. The Kier molecular flexibility index (Phi) is 8.20. The van der Waals surface area contributed by atoms with Gasteiger partial charge in [0, 0.05) is 28.6 Å². The number of hydrogen-bond acceptors (Lipinski definition) is 7. The van der Waals surface area contributed by atoms with Gasteiger partial charge in [0.1, 0.15) is 12.4 Å². The number of amides is 1. The van der Waals surface area contributed by atoms with E-state index < -0.39 is 17.1 Å². The summed E-state index contributed by atoms with van der Waals surface area (Å²) in [6.45, 7) is 1.45. The molecule has 1 unspecified atom stereocenters. The van der Waals surface area contributed by atoms with Crippen LogP contribution in [0.25, 0.3) is 0 Å². The summed E-state index contributed by atoms with van der Waals surface area (Å²) in [4.78, 5) is 22.2. The molecule has 2 aromatic rings. The first-order valence-corrected chi connectivity index (χ1v) is 9.09. The van der Waals surface area contributed by atoms with E-state index in [4.69, 9.17) is 27.9 Å². The van der Waals surface area contributed by atoms with Crippen molar-refractivity contribution >= 4 is 46.2 Å². The number of carbonyl (C=O) groups excluding carboxylic acids is 1. The Labute approximate surface area is 176 Å². The van der Waals surface area contributed by atoms with Crippen molar-refractivity contribution in [3.8, 4) is 5.75 Å². The van der Waals surface area contributed by atoms with Crippen LogP contribution in [-0.4, -0.2) is 34.5 Å². The van der Waals surface area contributed by atoms with E-state index in [-0.39, 0.29) is 18.7 Å². The number of benzene rings is 2. The number of nitro benzene ring substituents is 1. The molecule has 0 aliphatic heterocycles. The van der Waals surface area contributed by atoms with Gasteiger partial charge in [-0.05, 0) is 31.2 Å². The number of aliphatic hydroxyl groups excluding tert-OH is 1. The second-order valence-corrected chi connectivity index (χ2v) is 6.75. The van der Waals surface area contributed by atoms with Gasteiger partial charge >= 0.3 is 0 Å². The van der Waals surface area contributed by atoms with Gasteiger partial charge < -0.3 is 15.2 Å². The summed E-state index contributed by atoms with van der Waals surface area (Å²) in [5.41, 5.74) is 3.02. The van der Waals surface area contributed by atoms with Crippen LogP contribution in [0.1, 0.15) is 13.3 Å². The van der Waals surface area contributed by atoms with Gasteiger partial charge in [-0.25, -0.2) is 0 Å². The Morgan fingerprint density at radius 1 is 1.31 bits per heavy atom. The lowest BCUT2D eigenvalue weighted by molar-refractivity contribution is -0.384. The van der Waals surface area contributed by atoms with E-state index in [9.17, 15) is 20.0 Å². The highest BCUT2D eigenvalue weighted by molar-refractivity contribution is 6.35. The maximum Gasteiger partial charge on any atom is 0.271 e. The van der Waals surface area contributed by atoms with Crippen LogP contribution in [0.2, 0.25) is 10.0 Å². The molecule has 2 rings (SSSR count). The SMILES string of the molecule is C/C(CC(=O)Nc1cccc([N+](=O)[O-])c1)=N\NC(O)COc1ccc(Cl)cc1Cl. The normalized spacial score (nSPS) is 12.2. The van der Waals surface area contributed by atoms with Crippen molar-refractivity contribution in [2.45, 2.75) is 19.6 Å². The summed E-state index contributed by atoms with van der Waals surface area (Å²) in [6, 6.07) is 10.3. The monoisotopic (exact) mass is 440 g/mol. The zero-order valence-electron chi connectivity index (χ0n) is 15.3. The Hall–Kier alpha value is -2.88. The lowest BCUT2D eigenvalue weighted by Crippen LogP contribution is -2.31. The fourth-order valence-electron chi connectivity index (χ4n) is 2.16. The minimum Gasteiger partial charge on any atom is -0.487 e. The molecule has 0 aromatic heterocycles. The number of nitro groups is 1. The second kappa shape index (κ2) is 10.6. The Balaban J connectivity index is 1.80. The maximum atomic E-state index is 12.0. The molecular weight excluding hydrogens is 423 g/mol. The molecule has 11 heteroatoms. The van der Waals surface area contributed by atoms with E-state index >= 15 is 0 Å². The van der Waals surface area contributed by atoms with Crippen molar-refractivity contribution < 1.29 is 19.6 Å². The van der Waals surface area contributed by atoms with E-state index in [0.717, 1.165) is 0 Å². The molecule has 9 nitrogen and oxygen atoms in total. The summed E-state index contributed by atoms with van der Waals surface area (Å²) >= 11 is 11.8. The first-order chi connectivity index (χ1) is 13.7. The molecular formula is C18H18Cl2N4O5. The Morgan fingerprint density at radius 3 is 2.76 bits per heavy atom. The number of ether oxygens (including phenoxy) is 1. The van der Waals surface area contributed by atoms with Crippen molar-refractivity contribution in [3.63, 3.8) is 0 Å². The third-order valence-corrected chi connectivity index (χ3v) is 3.98. The van der Waals surface area contributed by atoms with Gasteiger partial charge in [0.05, 0.1) is 16.4 Å². The third kappa shape index (κ3) is 7.57. The molecule has 2 aromatic carbocycles. The van der Waals surface area contributed by atoms with Crippen LogP contribution in [0, 0.1) is 10.1 Å². The number of hydrazone groups is 1. The summed E-state index contributed by atoms with van der Waals surface area (Å²) in [5.74, 6) is -0.0545. The number of anilines is 1. The summed E-state index contributed by atoms with van der Waals surface area (Å²) in [5, 5.41) is 27.9. The van der Waals surface area contributed by atoms with Gasteiger partial charge in [-0.2, -0.15) is 5.10 Å². The van der Waals surface area contributed by atoms with Crippen molar-refractivity contribution in [3.05, 3.63) is 62.6 Å². The van der Waals surface area contributed by atoms with Crippen LogP contribution in [0.4, 0.5) is 11.4 Å². The fourth-order valence-corrected chi connectivity index (χ4v) is 2.62. The number of non-ortho nitro benzene ring substituents is 1. The lowest BCUT2D eigenvalue weighted by atomic mass is 10.2. The highest BCUT2D eigenvalue weighted by Gasteiger charge is 2.10. The summed E-state index contributed by atoms with van der Waals surface area (Å²) in [6.07, 6.45) is -1.22. The molecule has 1 amide bonds. The van der Waals surface area contributed by atoms with Gasteiger partial charge in [-0.3, -0.25) is 20.3 Å². The fraction of sp³-hybridized carbons (Fsp3) is 0.222. The van der Waals surface area contributed by atoms with Crippen molar-refractivity contribution in [1.82, 2.24) is 5.43 Å². The molecule has 0 saturated heterocycles. The average molecular weight is 441 g/mol. The molecule has 0 aliphatic carbocycles. The van der Waals surface area contributed by atoms with E-state index in [0.29, 0.717) is 27.2 Å². The van der Waals surface area contributed by atoms with Crippen LogP contribution in [0.15, 0.2) is 47.6 Å². The number of nitrogens with one attached hydrogen (secondary N) is 2.